The maximum Gasteiger partial charge on any atom is 0.312 e. The topological polar surface area (TPSA) is 40.5 Å². The molecule has 1 unspecified atom stereocenters. The van der Waals surface area contributed by atoms with Crippen LogP contribution in [0.15, 0.2) is 12.1 Å². The number of hydrogen-bond donors (Lipinski definition) is 1. The van der Waals surface area contributed by atoms with Crippen molar-refractivity contribution in [2.75, 3.05) is 19.6 Å². The number of aliphatic carboxylic acids is 1. The molecule has 1 N–H and O–H groups in total. The van der Waals surface area contributed by atoms with Gasteiger partial charge in [0.15, 0.2) is 0 Å². The first-order valence-corrected chi connectivity index (χ1v) is 7.02. The van der Waals surface area contributed by atoms with Gasteiger partial charge < -0.3 is 10.0 Å². The van der Waals surface area contributed by atoms with Gasteiger partial charge in [-0.1, -0.05) is 17.7 Å². The second-order valence-electron chi connectivity index (χ2n) is 5.71. The van der Waals surface area contributed by atoms with Gasteiger partial charge in [0.05, 0.1) is 5.92 Å². The van der Waals surface area contributed by atoms with E-state index >= 15 is 0 Å². The number of rotatable bonds is 4. The lowest BCUT2D eigenvalue weighted by Crippen LogP contribution is -2.30. The van der Waals surface area contributed by atoms with Gasteiger partial charge in [-0.25, -0.2) is 0 Å². The van der Waals surface area contributed by atoms with Gasteiger partial charge in [-0.05, 0) is 63.4 Å². The smallest absolute Gasteiger partial charge is 0.312 e. The molecule has 2 rings (SSSR count). The number of likely N-dealkylation sites (tertiary alicyclic amines) is 1. The van der Waals surface area contributed by atoms with Crippen molar-refractivity contribution in [3.63, 3.8) is 0 Å². The van der Waals surface area contributed by atoms with E-state index in [0.717, 1.165) is 29.8 Å². The summed E-state index contributed by atoms with van der Waals surface area (Å²) < 4.78 is 0. The monoisotopic (exact) mass is 261 g/mol. The van der Waals surface area contributed by atoms with Crippen LogP contribution >= 0.6 is 0 Å². The summed E-state index contributed by atoms with van der Waals surface area (Å²) in [6.07, 6.45) is 2.39. The molecule has 1 aromatic carbocycles. The Hall–Kier alpha value is -1.35. The Kier molecular flexibility index (Phi) is 4.25. The molecule has 1 heterocycles. The lowest BCUT2D eigenvalue weighted by Gasteiger charge is -2.23. The van der Waals surface area contributed by atoms with Crippen LogP contribution in [0.25, 0.3) is 0 Å². The summed E-state index contributed by atoms with van der Waals surface area (Å²) in [5, 5.41) is 9.58. The molecular weight excluding hydrogens is 238 g/mol. The molecule has 0 aliphatic carbocycles. The first-order valence-electron chi connectivity index (χ1n) is 7.02. The molecule has 1 atom stereocenters. The van der Waals surface area contributed by atoms with Crippen LogP contribution in [-0.2, 0) is 4.79 Å². The van der Waals surface area contributed by atoms with Crippen molar-refractivity contribution < 1.29 is 9.90 Å². The van der Waals surface area contributed by atoms with Crippen molar-refractivity contribution in [2.24, 2.45) is 0 Å². The van der Waals surface area contributed by atoms with E-state index in [1.807, 2.05) is 13.8 Å². The van der Waals surface area contributed by atoms with Gasteiger partial charge in [0.1, 0.15) is 0 Å². The van der Waals surface area contributed by atoms with E-state index in [1.165, 1.54) is 18.4 Å². The van der Waals surface area contributed by atoms with Crippen molar-refractivity contribution in [3.05, 3.63) is 34.4 Å². The summed E-state index contributed by atoms with van der Waals surface area (Å²) >= 11 is 0. The molecule has 3 heteroatoms. The molecule has 1 saturated heterocycles. The zero-order valence-corrected chi connectivity index (χ0v) is 12.1. The predicted molar refractivity (Wildman–Crippen MR) is 76.7 cm³/mol. The van der Waals surface area contributed by atoms with Gasteiger partial charge in [-0.3, -0.25) is 4.79 Å². The number of carbonyl (C=O) groups is 1. The van der Waals surface area contributed by atoms with Gasteiger partial charge >= 0.3 is 5.97 Å². The van der Waals surface area contributed by atoms with Crippen molar-refractivity contribution in [1.29, 1.82) is 0 Å². The summed E-state index contributed by atoms with van der Waals surface area (Å²) in [7, 11) is 0. The van der Waals surface area contributed by atoms with E-state index < -0.39 is 11.9 Å². The lowest BCUT2D eigenvalue weighted by atomic mass is 9.89. The van der Waals surface area contributed by atoms with Crippen molar-refractivity contribution in [3.8, 4) is 0 Å². The number of carboxylic acids is 1. The molecule has 1 aliphatic heterocycles. The third kappa shape index (κ3) is 3.16. The Labute approximate surface area is 115 Å². The van der Waals surface area contributed by atoms with Crippen LogP contribution in [0, 0.1) is 20.8 Å². The largest absolute Gasteiger partial charge is 0.481 e. The third-order valence-electron chi connectivity index (χ3n) is 4.02. The van der Waals surface area contributed by atoms with E-state index in [4.69, 9.17) is 0 Å². The summed E-state index contributed by atoms with van der Waals surface area (Å²) in [6.45, 7) is 8.81. The molecule has 0 saturated carbocycles. The minimum Gasteiger partial charge on any atom is -0.481 e. The molecule has 0 bridgehead atoms. The van der Waals surface area contributed by atoms with Crippen molar-refractivity contribution >= 4 is 5.97 Å². The molecule has 104 valence electrons. The molecule has 0 aromatic heterocycles. The Morgan fingerprint density at radius 1 is 1.21 bits per heavy atom. The summed E-state index contributed by atoms with van der Waals surface area (Å²) in [5.74, 6) is -1.11. The highest BCUT2D eigenvalue weighted by atomic mass is 16.4. The fraction of sp³-hybridized carbons (Fsp3) is 0.562. The third-order valence-corrected chi connectivity index (χ3v) is 4.02. The average molecular weight is 261 g/mol. The van der Waals surface area contributed by atoms with E-state index in [9.17, 15) is 9.90 Å². The van der Waals surface area contributed by atoms with E-state index in [2.05, 4.69) is 24.0 Å². The Balaban J connectivity index is 2.30. The van der Waals surface area contributed by atoms with Crippen LogP contribution in [0.1, 0.15) is 41.0 Å². The van der Waals surface area contributed by atoms with Crippen LogP contribution in [0.3, 0.4) is 0 Å². The predicted octanol–water partition coefficient (Wildman–Crippen LogP) is 2.88. The normalized spacial score (nSPS) is 17.6. The van der Waals surface area contributed by atoms with Gasteiger partial charge in [0.25, 0.3) is 0 Å². The summed E-state index contributed by atoms with van der Waals surface area (Å²) in [4.78, 5) is 13.9. The lowest BCUT2D eigenvalue weighted by molar-refractivity contribution is -0.139. The van der Waals surface area contributed by atoms with Crippen molar-refractivity contribution in [2.45, 2.75) is 39.5 Å². The van der Waals surface area contributed by atoms with Crippen LogP contribution in [0.2, 0.25) is 0 Å². The maximum absolute atomic E-state index is 11.7. The zero-order chi connectivity index (χ0) is 14.0. The number of hydrogen-bond acceptors (Lipinski definition) is 2. The van der Waals surface area contributed by atoms with Crippen LogP contribution in [0.5, 0.6) is 0 Å². The number of nitrogens with zero attached hydrogens (tertiary/aromatic N) is 1. The summed E-state index contributed by atoms with van der Waals surface area (Å²) in [5.41, 5.74) is 4.40. The fourth-order valence-corrected chi connectivity index (χ4v) is 3.26. The van der Waals surface area contributed by atoms with Crippen LogP contribution in [0.4, 0.5) is 0 Å². The van der Waals surface area contributed by atoms with Crippen LogP contribution < -0.4 is 0 Å². The standard InChI is InChI=1S/C16H23NO2/c1-11-8-12(2)15(13(3)9-11)14(16(18)19)10-17-6-4-5-7-17/h8-9,14H,4-7,10H2,1-3H3,(H,18,19). The minimum atomic E-state index is -0.707. The number of aryl methyl sites for hydroxylation is 3. The Morgan fingerprint density at radius 3 is 2.21 bits per heavy atom. The molecular formula is C16H23NO2. The molecule has 0 radical (unpaired) electrons. The molecule has 0 amide bonds. The average Bonchev–Trinajstić information content (AvgIpc) is 2.78. The summed E-state index contributed by atoms with van der Waals surface area (Å²) in [6, 6.07) is 4.17. The quantitative estimate of drug-likeness (QED) is 0.906. The Bertz CT molecular complexity index is 453. The second kappa shape index (κ2) is 5.74. The molecule has 0 spiro atoms. The van der Waals surface area contributed by atoms with Gasteiger partial charge in [-0.2, -0.15) is 0 Å². The molecule has 1 aliphatic rings. The molecule has 1 fully saturated rings. The highest BCUT2D eigenvalue weighted by Gasteiger charge is 2.27. The first-order chi connectivity index (χ1) is 8.99. The van der Waals surface area contributed by atoms with E-state index in [-0.39, 0.29) is 0 Å². The zero-order valence-electron chi connectivity index (χ0n) is 12.1. The highest BCUT2D eigenvalue weighted by Crippen LogP contribution is 2.27. The Morgan fingerprint density at radius 2 is 1.74 bits per heavy atom. The van der Waals surface area contributed by atoms with Crippen molar-refractivity contribution in [1.82, 2.24) is 4.90 Å². The van der Waals surface area contributed by atoms with Gasteiger partial charge in [-0.15, -0.1) is 0 Å². The molecule has 19 heavy (non-hydrogen) atoms. The second-order valence-corrected chi connectivity index (χ2v) is 5.71. The first kappa shape index (κ1) is 14.1. The van der Waals surface area contributed by atoms with Gasteiger partial charge in [0, 0.05) is 6.54 Å². The molecule has 3 nitrogen and oxygen atoms in total. The highest BCUT2D eigenvalue weighted by molar-refractivity contribution is 5.77. The fourth-order valence-electron chi connectivity index (χ4n) is 3.26. The van der Waals surface area contributed by atoms with Crippen LogP contribution in [-0.4, -0.2) is 35.6 Å². The maximum atomic E-state index is 11.7. The van der Waals surface area contributed by atoms with E-state index in [0.29, 0.717) is 6.54 Å². The number of carboxylic acid groups (broad SMARTS) is 1. The van der Waals surface area contributed by atoms with E-state index in [1.54, 1.807) is 0 Å². The van der Waals surface area contributed by atoms with Gasteiger partial charge in [0.2, 0.25) is 0 Å². The minimum absolute atomic E-state index is 0.404. The number of benzene rings is 1. The SMILES string of the molecule is Cc1cc(C)c(C(CN2CCCC2)C(=O)O)c(C)c1. The molecule has 1 aromatic rings.